The van der Waals surface area contributed by atoms with Crippen molar-refractivity contribution in [1.29, 1.82) is 0 Å². The van der Waals surface area contributed by atoms with E-state index in [-0.39, 0.29) is 11.9 Å². The first-order valence-corrected chi connectivity index (χ1v) is 8.19. The van der Waals surface area contributed by atoms with Crippen LogP contribution < -0.4 is 5.32 Å². The molecule has 0 aromatic heterocycles. The molecule has 1 N–H and O–H groups in total. The molecule has 1 atom stereocenters. The van der Waals surface area contributed by atoms with E-state index in [9.17, 15) is 4.39 Å². The van der Waals surface area contributed by atoms with E-state index in [0.717, 1.165) is 17.7 Å². The quantitative estimate of drug-likeness (QED) is 0.681. The summed E-state index contributed by atoms with van der Waals surface area (Å²) in [4.78, 5) is 0. The van der Waals surface area contributed by atoms with Gasteiger partial charge >= 0.3 is 0 Å². The summed E-state index contributed by atoms with van der Waals surface area (Å²) in [6, 6.07) is 10.4. The molecule has 5 heteroatoms. The molecular formula is C16H15BrCl2FN. The van der Waals surface area contributed by atoms with E-state index in [1.165, 1.54) is 6.07 Å². The first kappa shape index (κ1) is 16.8. The number of rotatable bonds is 5. The van der Waals surface area contributed by atoms with Crippen LogP contribution in [0.2, 0.25) is 10.0 Å². The molecule has 1 unspecified atom stereocenters. The van der Waals surface area contributed by atoms with E-state index in [1.807, 2.05) is 31.2 Å². The highest BCUT2D eigenvalue weighted by Gasteiger charge is 2.19. The van der Waals surface area contributed by atoms with E-state index in [0.29, 0.717) is 20.9 Å². The van der Waals surface area contributed by atoms with Gasteiger partial charge in [-0.05, 0) is 52.7 Å². The van der Waals surface area contributed by atoms with Crippen LogP contribution in [0, 0.1) is 5.82 Å². The fourth-order valence-corrected chi connectivity index (χ4v) is 3.38. The summed E-state index contributed by atoms with van der Waals surface area (Å²) in [5, 5.41) is 4.59. The summed E-state index contributed by atoms with van der Waals surface area (Å²) in [6.07, 6.45) is 0.593. The van der Waals surface area contributed by atoms with E-state index < -0.39 is 0 Å². The molecule has 0 aliphatic rings. The van der Waals surface area contributed by atoms with Gasteiger partial charge in [-0.3, -0.25) is 0 Å². The number of likely N-dealkylation sites (N-methyl/N-ethyl adjacent to an activating group) is 1. The Morgan fingerprint density at radius 3 is 2.38 bits per heavy atom. The molecular weight excluding hydrogens is 376 g/mol. The van der Waals surface area contributed by atoms with E-state index >= 15 is 0 Å². The molecule has 21 heavy (non-hydrogen) atoms. The highest BCUT2D eigenvalue weighted by atomic mass is 79.9. The molecule has 0 saturated carbocycles. The maximum absolute atomic E-state index is 13.7. The Labute approximate surface area is 142 Å². The minimum absolute atomic E-state index is 0.0747. The summed E-state index contributed by atoms with van der Waals surface area (Å²) >= 11 is 15.9. The Hall–Kier alpha value is -0.610. The normalized spacial score (nSPS) is 12.4. The van der Waals surface area contributed by atoms with Gasteiger partial charge in [-0.25, -0.2) is 4.39 Å². The summed E-state index contributed by atoms with van der Waals surface area (Å²) in [7, 11) is 0. The van der Waals surface area contributed by atoms with Gasteiger partial charge in [0.05, 0.1) is 4.47 Å². The number of hydrogen-bond acceptors (Lipinski definition) is 1. The molecule has 0 amide bonds. The van der Waals surface area contributed by atoms with Gasteiger partial charge in [-0.2, -0.15) is 0 Å². The van der Waals surface area contributed by atoms with Crippen molar-refractivity contribution in [1.82, 2.24) is 5.32 Å². The fraction of sp³-hybridized carbons (Fsp3) is 0.250. The lowest BCUT2D eigenvalue weighted by atomic mass is 9.98. The van der Waals surface area contributed by atoms with Crippen molar-refractivity contribution >= 4 is 39.1 Å². The molecule has 0 saturated heterocycles. The molecule has 112 valence electrons. The van der Waals surface area contributed by atoms with Crippen LogP contribution in [0.3, 0.4) is 0 Å². The Kier molecular flexibility index (Phi) is 6.06. The number of hydrogen-bond donors (Lipinski definition) is 1. The average Bonchev–Trinajstić information content (AvgIpc) is 2.44. The summed E-state index contributed by atoms with van der Waals surface area (Å²) < 4.78 is 14.1. The first-order chi connectivity index (χ1) is 10.0. The van der Waals surface area contributed by atoms with Crippen molar-refractivity contribution in [3.63, 3.8) is 0 Å². The van der Waals surface area contributed by atoms with Crippen molar-refractivity contribution in [3.05, 3.63) is 67.9 Å². The Bertz CT molecular complexity index is 613. The highest BCUT2D eigenvalue weighted by molar-refractivity contribution is 9.10. The second-order valence-corrected chi connectivity index (χ2v) is 6.27. The summed E-state index contributed by atoms with van der Waals surface area (Å²) in [5.41, 5.74) is 1.72. The summed E-state index contributed by atoms with van der Waals surface area (Å²) in [6.45, 7) is 2.78. The molecule has 0 spiro atoms. The van der Waals surface area contributed by atoms with Gasteiger partial charge in [0, 0.05) is 21.7 Å². The molecule has 0 radical (unpaired) electrons. The van der Waals surface area contributed by atoms with Crippen molar-refractivity contribution in [2.45, 2.75) is 19.4 Å². The molecule has 2 aromatic carbocycles. The maximum atomic E-state index is 13.7. The Morgan fingerprint density at radius 1 is 1.14 bits per heavy atom. The van der Waals surface area contributed by atoms with Gasteiger partial charge in [0.25, 0.3) is 0 Å². The standard InChI is InChI=1S/C16H15BrCl2FN/c1-2-21-14(15-11(18)6-4-7-12(15)19)9-10-5-3-8-13(20)16(10)17/h3-8,14,21H,2,9H2,1H3. The third kappa shape index (κ3) is 3.98. The average molecular weight is 391 g/mol. The summed E-state index contributed by atoms with van der Waals surface area (Å²) in [5.74, 6) is -0.270. The molecule has 0 aliphatic heterocycles. The van der Waals surface area contributed by atoms with Crippen LogP contribution in [0.15, 0.2) is 40.9 Å². The molecule has 0 fully saturated rings. The van der Waals surface area contributed by atoms with Gasteiger partial charge in [0.2, 0.25) is 0 Å². The highest BCUT2D eigenvalue weighted by Crippen LogP contribution is 2.33. The van der Waals surface area contributed by atoms with Crippen LogP contribution >= 0.6 is 39.1 Å². The van der Waals surface area contributed by atoms with Crippen molar-refractivity contribution in [2.75, 3.05) is 6.54 Å². The minimum atomic E-state index is -0.270. The number of benzene rings is 2. The monoisotopic (exact) mass is 389 g/mol. The molecule has 2 rings (SSSR count). The van der Waals surface area contributed by atoms with E-state index in [1.54, 1.807) is 6.07 Å². The van der Waals surface area contributed by atoms with Gasteiger partial charge in [0.15, 0.2) is 0 Å². The molecule has 1 nitrogen and oxygen atoms in total. The molecule has 0 aliphatic carbocycles. The smallest absolute Gasteiger partial charge is 0.137 e. The van der Waals surface area contributed by atoms with Crippen LogP contribution in [-0.2, 0) is 6.42 Å². The minimum Gasteiger partial charge on any atom is -0.310 e. The molecule has 0 bridgehead atoms. The maximum Gasteiger partial charge on any atom is 0.137 e. The Balaban J connectivity index is 2.38. The molecule has 2 aromatic rings. The zero-order valence-electron chi connectivity index (χ0n) is 11.5. The van der Waals surface area contributed by atoms with Crippen LogP contribution in [0.1, 0.15) is 24.1 Å². The second-order valence-electron chi connectivity index (χ2n) is 4.66. The van der Waals surface area contributed by atoms with E-state index in [2.05, 4.69) is 21.2 Å². The van der Waals surface area contributed by atoms with Gasteiger partial charge in [-0.1, -0.05) is 48.3 Å². The fourth-order valence-electron chi connectivity index (χ4n) is 2.29. The predicted molar refractivity (Wildman–Crippen MR) is 90.7 cm³/mol. The topological polar surface area (TPSA) is 12.0 Å². The van der Waals surface area contributed by atoms with Crippen LogP contribution in [0.25, 0.3) is 0 Å². The lowest BCUT2D eigenvalue weighted by Gasteiger charge is -2.21. The van der Waals surface area contributed by atoms with Crippen molar-refractivity contribution in [2.24, 2.45) is 0 Å². The third-order valence-corrected chi connectivity index (χ3v) is 4.80. The van der Waals surface area contributed by atoms with Crippen molar-refractivity contribution in [3.8, 4) is 0 Å². The predicted octanol–water partition coefficient (Wildman–Crippen LogP) is 5.79. The third-order valence-electron chi connectivity index (χ3n) is 3.25. The zero-order chi connectivity index (χ0) is 15.4. The number of nitrogens with one attached hydrogen (secondary N) is 1. The second kappa shape index (κ2) is 7.59. The van der Waals surface area contributed by atoms with E-state index in [4.69, 9.17) is 23.2 Å². The van der Waals surface area contributed by atoms with Gasteiger partial charge in [-0.15, -0.1) is 0 Å². The van der Waals surface area contributed by atoms with Gasteiger partial charge < -0.3 is 5.32 Å². The lowest BCUT2D eigenvalue weighted by molar-refractivity contribution is 0.545. The lowest BCUT2D eigenvalue weighted by Crippen LogP contribution is -2.24. The zero-order valence-corrected chi connectivity index (χ0v) is 14.6. The molecule has 0 heterocycles. The largest absolute Gasteiger partial charge is 0.310 e. The Morgan fingerprint density at radius 2 is 1.76 bits per heavy atom. The first-order valence-electron chi connectivity index (χ1n) is 6.64. The van der Waals surface area contributed by atoms with Crippen LogP contribution in [-0.4, -0.2) is 6.54 Å². The van der Waals surface area contributed by atoms with Crippen LogP contribution in [0.4, 0.5) is 4.39 Å². The van der Waals surface area contributed by atoms with Crippen molar-refractivity contribution < 1.29 is 4.39 Å². The number of halogens is 4. The van der Waals surface area contributed by atoms with Crippen LogP contribution in [0.5, 0.6) is 0 Å². The van der Waals surface area contributed by atoms with Gasteiger partial charge in [0.1, 0.15) is 5.82 Å². The SMILES string of the molecule is CCNC(Cc1cccc(F)c1Br)c1c(Cl)cccc1Cl.